The zero-order valence-electron chi connectivity index (χ0n) is 17.7. The molecule has 1 aromatic heterocycles. The van der Waals surface area contributed by atoms with Gasteiger partial charge in [0.1, 0.15) is 0 Å². The Kier molecular flexibility index (Phi) is 5.61. The Bertz CT molecular complexity index is 1070. The lowest BCUT2D eigenvalue weighted by Crippen LogP contribution is -2.12. The molecule has 160 valence electrons. The first-order valence-corrected chi connectivity index (χ1v) is 10.3. The van der Waals surface area contributed by atoms with Crippen LogP contribution in [-0.4, -0.2) is 0 Å². The fraction of sp³-hybridized carbons (Fsp3) is 0.333. The van der Waals surface area contributed by atoms with E-state index >= 15 is 0 Å². The standard InChI is InChI=1S/C24H23F5S/c1-23(2,3)21-13(12-10-8-7-9-11-12)14(22(30-21)24(4,5)6)15-16(25)18(27)20(29)19(28)17(15)26/h7-11H,1-6H3. The van der Waals surface area contributed by atoms with E-state index in [4.69, 9.17) is 0 Å². The van der Waals surface area contributed by atoms with E-state index in [1.807, 2.05) is 41.5 Å². The van der Waals surface area contributed by atoms with Gasteiger partial charge < -0.3 is 0 Å². The third-order valence-electron chi connectivity index (χ3n) is 4.79. The Balaban J connectivity index is 2.60. The summed E-state index contributed by atoms with van der Waals surface area (Å²) in [6.45, 7) is 11.4. The van der Waals surface area contributed by atoms with Gasteiger partial charge in [-0.25, -0.2) is 22.0 Å². The van der Waals surface area contributed by atoms with Crippen molar-refractivity contribution in [2.45, 2.75) is 52.4 Å². The molecule has 0 N–H and O–H groups in total. The van der Waals surface area contributed by atoms with Crippen LogP contribution in [0, 0.1) is 29.1 Å². The fourth-order valence-corrected chi connectivity index (χ4v) is 4.88. The van der Waals surface area contributed by atoms with Gasteiger partial charge in [-0.05, 0) is 16.4 Å². The molecule has 0 aliphatic carbocycles. The second-order valence-electron chi connectivity index (χ2n) is 9.32. The first-order chi connectivity index (χ1) is 13.8. The SMILES string of the molecule is CC(C)(C)c1sc(C(C)(C)C)c(-c2c(F)c(F)c(F)c(F)c2F)c1-c1ccccc1. The summed E-state index contributed by atoms with van der Waals surface area (Å²) in [4.78, 5) is 1.38. The Morgan fingerprint density at radius 3 is 1.37 bits per heavy atom. The smallest absolute Gasteiger partial charge is 0.200 e. The van der Waals surface area contributed by atoms with E-state index in [1.54, 1.807) is 30.3 Å². The lowest BCUT2D eigenvalue weighted by Gasteiger charge is -2.21. The van der Waals surface area contributed by atoms with Crippen LogP contribution in [0.4, 0.5) is 22.0 Å². The van der Waals surface area contributed by atoms with Crippen LogP contribution in [0.2, 0.25) is 0 Å². The van der Waals surface area contributed by atoms with Crippen molar-refractivity contribution in [2.24, 2.45) is 0 Å². The van der Waals surface area contributed by atoms with Crippen LogP contribution in [0.25, 0.3) is 22.3 Å². The van der Waals surface area contributed by atoms with Gasteiger partial charge in [-0.2, -0.15) is 0 Å². The number of hydrogen-bond acceptors (Lipinski definition) is 1. The van der Waals surface area contributed by atoms with E-state index in [9.17, 15) is 22.0 Å². The molecule has 0 spiro atoms. The van der Waals surface area contributed by atoms with Crippen molar-refractivity contribution in [2.75, 3.05) is 0 Å². The summed E-state index contributed by atoms with van der Waals surface area (Å²) in [5.41, 5.74) is -0.654. The molecule has 1 heterocycles. The minimum absolute atomic E-state index is 0.0661. The van der Waals surface area contributed by atoms with E-state index in [0.29, 0.717) is 16.0 Å². The topological polar surface area (TPSA) is 0 Å². The molecule has 0 nitrogen and oxygen atoms in total. The molecule has 3 rings (SSSR count). The van der Waals surface area contributed by atoms with Gasteiger partial charge in [-0.3, -0.25) is 0 Å². The zero-order valence-corrected chi connectivity index (χ0v) is 18.5. The lowest BCUT2D eigenvalue weighted by molar-refractivity contribution is 0.381. The molecule has 0 radical (unpaired) electrons. The molecule has 0 saturated heterocycles. The molecule has 0 bridgehead atoms. The zero-order chi connectivity index (χ0) is 22.6. The summed E-state index contributed by atoms with van der Waals surface area (Å²) in [6.07, 6.45) is 0. The number of benzene rings is 2. The first-order valence-electron chi connectivity index (χ1n) is 9.51. The maximum Gasteiger partial charge on any atom is 0.200 e. The van der Waals surface area contributed by atoms with Crippen molar-refractivity contribution in [3.63, 3.8) is 0 Å². The molecule has 0 atom stereocenters. The van der Waals surface area contributed by atoms with Gasteiger partial charge in [0.2, 0.25) is 5.82 Å². The van der Waals surface area contributed by atoms with Crippen molar-refractivity contribution in [1.29, 1.82) is 0 Å². The van der Waals surface area contributed by atoms with Crippen molar-refractivity contribution in [1.82, 2.24) is 0 Å². The molecule has 6 heteroatoms. The maximum absolute atomic E-state index is 14.9. The highest BCUT2D eigenvalue weighted by molar-refractivity contribution is 7.13. The lowest BCUT2D eigenvalue weighted by atomic mass is 9.82. The third-order valence-corrected chi connectivity index (χ3v) is 6.83. The molecule has 0 unspecified atom stereocenters. The molecular weight excluding hydrogens is 415 g/mol. The van der Waals surface area contributed by atoms with Gasteiger partial charge in [0.15, 0.2) is 23.3 Å². The second kappa shape index (κ2) is 7.49. The Morgan fingerprint density at radius 1 is 0.533 bits per heavy atom. The van der Waals surface area contributed by atoms with Crippen molar-refractivity contribution in [3.8, 4) is 22.3 Å². The van der Waals surface area contributed by atoms with Crippen LogP contribution in [0.1, 0.15) is 51.3 Å². The van der Waals surface area contributed by atoms with E-state index < -0.39 is 45.5 Å². The highest BCUT2D eigenvalue weighted by Crippen LogP contribution is 2.52. The van der Waals surface area contributed by atoms with Crippen LogP contribution in [0.3, 0.4) is 0 Å². The number of rotatable bonds is 2. The average molecular weight is 439 g/mol. The van der Waals surface area contributed by atoms with Crippen molar-refractivity contribution < 1.29 is 22.0 Å². The van der Waals surface area contributed by atoms with Crippen LogP contribution in [0.5, 0.6) is 0 Å². The van der Waals surface area contributed by atoms with Crippen molar-refractivity contribution >= 4 is 11.3 Å². The van der Waals surface area contributed by atoms with Crippen LogP contribution in [-0.2, 0) is 10.8 Å². The molecule has 0 aliphatic rings. The van der Waals surface area contributed by atoms with Gasteiger partial charge in [0.25, 0.3) is 0 Å². The fourth-order valence-electron chi connectivity index (χ4n) is 3.43. The molecule has 0 fully saturated rings. The molecule has 3 aromatic rings. The van der Waals surface area contributed by atoms with E-state index in [2.05, 4.69) is 0 Å². The molecule has 0 aliphatic heterocycles. The van der Waals surface area contributed by atoms with Gasteiger partial charge in [-0.15, -0.1) is 11.3 Å². The largest absolute Gasteiger partial charge is 0.203 e. The monoisotopic (exact) mass is 438 g/mol. The molecule has 2 aromatic carbocycles. The van der Waals surface area contributed by atoms with Crippen LogP contribution < -0.4 is 0 Å². The number of hydrogen-bond donors (Lipinski definition) is 0. The Labute approximate surface area is 177 Å². The summed E-state index contributed by atoms with van der Waals surface area (Å²) in [7, 11) is 0. The Morgan fingerprint density at radius 2 is 0.933 bits per heavy atom. The Hall–Kier alpha value is -2.21. The van der Waals surface area contributed by atoms with Gasteiger partial charge >= 0.3 is 0 Å². The molecule has 30 heavy (non-hydrogen) atoms. The van der Waals surface area contributed by atoms with Crippen LogP contribution >= 0.6 is 11.3 Å². The summed E-state index contributed by atoms with van der Waals surface area (Å²) < 4.78 is 71.9. The minimum Gasteiger partial charge on any atom is -0.203 e. The third kappa shape index (κ3) is 3.66. The maximum atomic E-state index is 14.9. The van der Waals surface area contributed by atoms with Gasteiger partial charge in [0.05, 0.1) is 5.56 Å². The highest BCUT2D eigenvalue weighted by Gasteiger charge is 2.37. The average Bonchev–Trinajstić information content (AvgIpc) is 3.07. The summed E-state index contributed by atoms with van der Waals surface area (Å²) in [5.74, 6) is -9.66. The predicted octanol–water partition coefficient (Wildman–Crippen LogP) is 8.37. The first kappa shape index (κ1) is 22.5. The predicted molar refractivity (Wildman–Crippen MR) is 112 cm³/mol. The molecule has 0 amide bonds. The second-order valence-corrected chi connectivity index (χ2v) is 10.3. The summed E-state index contributed by atoms with van der Waals surface area (Å²) >= 11 is 1.35. The van der Waals surface area contributed by atoms with E-state index in [-0.39, 0.29) is 5.56 Å². The van der Waals surface area contributed by atoms with Crippen LogP contribution in [0.15, 0.2) is 30.3 Å². The number of thiophene rings is 1. The van der Waals surface area contributed by atoms with Gasteiger partial charge in [-0.1, -0.05) is 71.9 Å². The van der Waals surface area contributed by atoms with Crippen molar-refractivity contribution in [3.05, 3.63) is 69.2 Å². The van der Waals surface area contributed by atoms with E-state index in [0.717, 1.165) is 4.88 Å². The summed E-state index contributed by atoms with van der Waals surface area (Å²) in [5, 5.41) is 0. The molecule has 0 saturated carbocycles. The quantitative estimate of drug-likeness (QED) is 0.214. The van der Waals surface area contributed by atoms with Gasteiger partial charge in [0, 0.05) is 20.9 Å². The highest BCUT2D eigenvalue weighted by atomic mass is 32.1. The van der Waals surface area contributed by atoms with E-state index in [1.165, 1.54) is 11.3 Å². The molecular formula is C24H23F5S. The minimum atomic E-state index is -2.15. The number of halogens is 5. The summed E-state index contributed by atoms with van der Waals surface area (Å²) in [6, 6.07) is 8.91. The normalized spacial score (nSPS) is 12.5.